The van der Waals surface area contributed by atoms with Crippen molar-refractivity contribution in [1.82, 2.24) is 14.8 Å². The molecule has 0 aliphatic carbocycles. The van der Waals surface area contributed by atoms with Gasteiger partial charge in [-0.15, -0.1) is 0 Å². The number of rotatable bonds is 3. The van der Waals surface area contributed by atoms with Crippen molar-refractivity contribution in [3.63, 3.8) is 0 Å². The van der Waals surface area contributed by atoms with Gasteiger partial charge in [-0.3, -0.25) is 4.79 Å². The van der Waals surface area contributed by atoms with E-state index in [-0.39, 0.29) is 11.9 Å². The van der Waals surface area contributed by atoms with Crippen LogP contribution in [0.1, 0.15) is 19.8 Å². The summed E-state index contributed by atoms with van der Waals surface area (Å²) >= 11 is 0. The molecule has 6 heteroatoms. The van der Waals surface area contributed by atoms with Gasteiger partial charge in [-0.1, -0.05) is 12.1 Å². The van der Waals surface area contributed by atoms with Crippen molar-refractivity contribution in [2.45, 2.75) is 25.8 Å². The van der Waals surface area contributed by atoms with Gasteiger partial charge in [0.2, 0.25) is 5.91 Å². The molecule has 1 saturated heterocycles. The molecule has 3 amide bonds. The second-order valence-corrected chi connectivity index (χ2v) is 5.88. The van der Waals surface area contributed by atoms with Gasteiger partial charge in [0, 0.05) is 31.7 Å². The lowest BCUT2D eigenvalue weighted by Crippen LogP contribution is -2.53. The van der Waals surface area contributed by atoms with E-state index < -0.39 is 6.04 Å². The minimum Gasteiger partial charge on any atom is -0.349 e. The summed E-state index contributed by atoms with van der Waals surface area (Å²) < 4.78 is 1.97. The van der Waals surface area contributed by atoms with Crippen LogP contribution in [-0.2, 0) is 11.8 Å². The molecule has 1 aromatic carbocycles. The van der Waals surface area contributed by atoms with E-state index in [2.05, 4.69) is 10.6 Å². The lowest BCUT2D eigenvalue weighted by Gasteiger charge is -2.31. The number of piperidine rings is 1. The Morgan fingerprint density at radius 2 is 2.17 bits per heavy atom. The van der Waals surface area contributed by atoms with E-state index in [0.29, 0.717) is 13.0 Å². The number of hydrogen-bond donors (Lipinski definition) is 2. The van der Waals surface area contributed by atoms with Crippen LogP contribution in [0.2, 0.25) is 0 Å². The molecular formula is C17H22N4O2. The number of nitrogens with one attached hydrogen (secondary N) is 2. The smallest absolute Gasteiger partial charge is 0.319 e. The van der Waals surface area contributed by atoms with Gasteiger partial charge in [0.15, 0.2) is 0 Å². The third-order valence-corrected chi connectivity index (χ3v) is 4.36. The van der Waals surface area contributed by atoms with E-state index in [0.717, 1.165) is 29.6 Å². The Balaban J connectivity index is 1.71. The molecule has 2 N–H and O–H groups in total. The molecule has 0 spiro atoms. The largest absolute Gasteiger partial charge is 0.349 e. The molecule has 1 fully saturated rings. The van der Waals surface area contributed by atoms with E-state index >= 15 is 0 Å². The third kappa shape index (κ3) is 3.02. The summed E-state index contributed by atoms with van der Waals surface area (Å²) in [5, 5.41) is 6.74. The zero-order chi connectivity index (χ0) is 16.4. The highest BCUT2D eigenvalue weighted by molar-refractivity contribution is 6.01. The molecule has 0 radical (unpaired) electrons. The highest BCUT2D eigenvalue weighted by Gasteiger charge is 2.28. The standard InChI is InChI=1S/C17H22N4O2/c1-3-21-10-5-8-14(16(21)22)19-17(23)18-13-7-4-6-12-9-11-20(2)15(12)13/h4,6-7,9,11,14H,3,5,8,10H2,1-2H3,(H2,18,19,23). The fourth-order valence-corrected chi connectivity index (χ4v) is 3.16. The Bertz CT molecular complexity index is 737. The number of nitrogens with zero attached hydrogens (tertiary/aromatic N) is 2. The second kappa shape index (κ2) is 6.32. The average molecular weight is 314 g/mol. The molecule has 122 valence electrons. The van der Waals surface area contributed by atoms with Crippen molar-refractivity contribution >= 4 is 28.5 Å². The molecule has 2 heterocycles. The van der Waals surface area contributed by atoms with E-state index in [1.807, 2.05) is 49.0 Å². The minimum atomic E-state index is -0.434. The van der Waals surface area contributed by atoms with Gasteiger partial charge in [-0.05, 0) is 31.9 Å². The van der Waals surface area contributed by atoms with Crippen molar-refractivity contribution in [1.29, 1.82) is 0 Å². The van der Waals surface area contributed by atoms with Crippen LogP contribution in [0.15, 0.2) is 30.5 Å². The van der Waals surface area contributed by atoms with Gasteiger partial charge >= 0.3 is 6.03 Å². The Hall–Kier alpha value is -2.50. The first kappa shape index (κ1) is 15.4. The van der Waals surface area contributed by atoms with E-state index in [4.69, 9.17) is 0 Å². The average Bonchev–Trinajstić information content (AvgIpc) is 2.92. The molecule has 2 aromatic rings. The molecule has 1 unspecified atom stereocenters. The van der Waals surface area contributed by atoms with Crippen molar-refractivity contribution in [3.8, 4) is 0 Å². The zero-order valence-corrected chi connectivity index (χ0v) is 13.5. The normalized spacial score (nSPS) is 18.3. The van der Waals surface area contributed by atoms with Crippen LogP contribution in [0.4, 0.5) is 10.5 Å². The van der Waals surface area contributed by atoms with Gasteiger partial charge in [0.25, 0.3) is 0 Å². The van der Waals surface area contributed by atoms with Crippen molar-refractivity contribution < 1.29 is 9.59 Å². The van der Waals surface area contributed by atoms with Crippen LogP contribution >= 0.6 is 0 Å². The molecule has 0 saturated carbocycles. The first-order valence-electron chi connectivity index (χ1n) is 8.00. The molecule has 1 aliphatic heterocycles. The minimum absolute atomic E-state index is 0.00553. The fraction of sp³-hybridized carbons (Fsp3) is 0.412. The molecule has 0 bridgehead atoms. The highest BCUT2D eigenvalue weighted by atomic mass is 16.2. The monoisotopic (exact) mass is 314 g/mol. The van der Waals surface area contributed by atoms with Gasteiger partial charge < -0.3 is 20.1 Å². The topological polar surface area (TPSA) is 66.4 Å². The Morgan fingerprint density at radius 3 is 2.96 bits per heavy atom. The summed E-state index contributed by atoms with van der Waals surface area (Å²) in [5.41, 5.74) is 1.70. The van der Waals surface area contributed by atoms with E-state index in [1.54, 1.807) is 4.90 Å². The Labute approximate surface area is 135 Å². The first-order valence-corrected chi connectivity index (χ1v) is 8.00. The van der Waals surface area contributed by atoms with Crippen LogP contribution in [0.3, 0.4) is 0 Å². The van der Waals surface area contributed by atoms with Crippen molar-refractivity contribution in [2.24, 2.45) is 7.05 Å². The number of benzene rings is 1. The molecule has 1 aromatic heterocycles. The number of urea groups is 1. The number of para-hydroxylation sites is 1. The number of carbonyl (C=O) groups is 2. The van der Waals surface area contributed by atoms with Crippen LogP contribution < -0.4 is 10.6 Å². The maximum Gasteiger partial charge on any atom is 0.319 e. The van der Waals surface area contributed by atoms with E-state index in [1.165, 1.54) is 0 Å². The number of hydrogen-bond acceptors (Lipinski definition) is 2. The number of likely N-dealkylation sites (N-methyl/N-ethyl adjacent to an activating group) is 1. The second-order valence-electron chi connectivity index (χ2n) is 5.88. The summed E-state index contributed by atoms with van der Waals surface area (Å²) in [6.45, 7) is 3.41. The van der Waals surface area contributed by atoms with Gasteiger partial charge in [-0.25, -0.2) is 4.79 Å². The summed E-state index contributed by atoms with van der Waals surface area (Å²) in [6, 6.07) is 7.00. The first-order chi connectivity index (χ1) is 11.1. The maximum absolute atomic E-state index is 12.3. The summed E-state index contributed by atoms with van der Waals surface area (Å²) in [5.74, 6) is 0.00553. The van der Waals surface area contributed by atoms with Crippen molar-refractivity contribution in [3.05, 3.63) is 30.5 Å². The molecule has 3 rings (SSSR count). The van der Waals surface area contributed by atoms with Gasteiger partial charge in [-0.2, -0.15) is 0 Å². The van der Waals surface area contributed by atoms with Crippen LogP contribution in [-0.4, -0.2) is 40.5 Å². The number of aryl methyl sites for hydroxylation is 1. The van der Waals surface area contributed by atoms with Crippen LogP contribution in [0.5, 0.6) is 0 Å². The molecule has 6 nitrogen and oxygen atoms in total. The van der Waals surface area contributed by atoms with Gasteiger partial charge in [0.05, 0.1) is 11.2 Å². The lowest BCUT2D eigenvalue weighted by atomic mass is 10.1. The number of carbonyl (C=O) groups excluding carboxylic acids is 2. The van der Waals surface area contributed by atoms with Gasteiger partial charge in [0.1, 0.15) is 6.04 Å². The quantitative estimate of drug-likeness (QED) is 0.913. The maximum atomic E-state index is 12.3. The zero-order valence-electron chi connectivity index (χ0n) is 13.5. The highest BCUT2D eigenvalue weighted by Crippen LogP contribution is 2.23. The van der Waals surface area contributed by atoms with Crippen molar-refractivity contribution in [2.75, 3.05) is 18.4 Å². The molecule has 1 atom stereocenters. The van der Waals surface area contributed by atoms with E-state index in [9.17, 15) is 9.59 Å². The molecule has 23 heavy (non-hydrogen) atoms. The van der Waals surface area contributed by atoms with Crippen LogP contribution in [0, 0.1) is 0 Å². The fourth-order valence-electron chi connectivity index (χ4n) is 3.16. The summed E-state index contributed by atoms with van der Waals surface area (Å²) in [4.78, 5) is 26.3. The SMILES string of the molecule is CCN1CCCC(NC(=O)Nc2cccc3ccn(C)c23)C1=O. The third-order valence-electron chi connectivity index (χ3n) is 4.36. The predicted octanol–water partition coefficient (Wildman–Crippen LogP) is 2.31. The molecular weight excluding hydrogens is 292 g/mol. The Kier molecular flexibility index (Phi) is 4.23. The Morgan fingerprint density at radius 1 is 1.35 bits per heavy atom. The summed E-state index contributed by atoms with van der Waals surface area (Å²) in [6.07, 6.45) is 3.56. The number of aromatic nitrogens is 1. The summed E-state index contributed by atoms with van der Waals surface area (Å²) in [7, 11) is 1.94. The molecule has 1 aliphatic rings. The number of likely N-dealkylation sites (tertiary alicyclic amines) is 1. The lowest BCUT2D eigenvalue weighted by molar-refractivity contribution is -0.135. The van der Waals surface area contributed by atoms with Crippen LogP contribution in [0.25, 0.3) is 10.9 Å². The number of amides is 3. The number of fused-ring (bicyclic) bond motifs is 1. The predicted molar refractivity (Wildman–Crippen MR) is 90.3 cm³/mol. The number of anilines is 1.